The quantitative estimate of drug-likeness (QED) is 0.452. The van der Waals surface area contributed by atoms with Crippen molar-refractivity contribution < 1.29 is 4.42 Å². The number of hydrogen-bond acceptors (Lipinski definition) is 2. The van der Waals surface area contributed by atoms with Gasteiger partial charge in [-0.05, 0) is 12.1 Å². The third-order valence-corrected chi connectivity index (χ3v) is 1.05. The molecule has 1 rings (SSSR count). The Hall–Kier alpha value is 0.630. The fourth-order valence-corrected chi connectivity index (χ4v) is 0.582. The van der Waals surface area contributed by atoms with Gasteiger partial charge in [-0.25, -0.2) is 0 Å². The molecule has 0 radical (unpaired) electrons. The van der Waals surface area contributed by atoms with Crippen LogP contribution in [0.2, 0.25) is 0 Å². The molecule has 0 spiro atoms. The number of thiol groups is 1. The van der Waals surface area contributed by atoms with Gasteiger partial charge < -0.3 is 4.42 Å². The molecule has 0 aromatic carbocycles. The fraction of sp³-hybridized carbons (Fsp3) is 0.200. The molecule has 0 saturated carbocycles. The minimum absolute atomic E-state index is 0. The van der Waals surface area contributed by atoms with Gasteiger partial charge in [0.05, 0.1) is 6.26 Å². The summed E-state index contributed by atoms with van der Waals surface area (Å²) in [4.78, 5) is 0. The van der Waals surface area contributed by atoms with Crippen LogP contribution in [-0.4, -0.2) is 29.6 Å². The Morgan fingerprint density at radius 1 is 1.62 bits per heavy atom. The summed E-state index contributed by atoms with van der Waals surface area (Å²) in [7, 11) is 0. The third kappa shape index (κ3) is 2.27. The molecule has 0 fully saturated rings. The van der Waals surface area contributed by atoms with Crippen LogP contribution in [0.1, 0.15) is 5.76 Å². The van der Waals surface area contributed by atoms with Crippen LogP contribution in [0.4, 0.5) is 0 Å². The molecule has 40 valence electrons. The molecule has 0 saturated heterocycles. The topological polar surface area (TPSA) is 13.1 Å². The molecule has 1 heterocycles. The van der Waals surface area contributed by atoms with E-state index < -0.39 is 0 Å². The minimum atomic E-state index is 0. The summed E-state index contributed by atoms with van der Waals surface area (Å²) in [5, 5.41) is 0. The Morgan fingerprint density at radius 3 is 2.62 bits per heavy atom. The van der Waals surface area contributed by atoms with Gasteiger partial charge >= 0.3 is 29.6 Å². The summed E-state index contributed by atoms with van der Waals surface area (Å²) in [6.07, 6.45) is 1.64. The number of furan rings is 1. The maximum atomic E-state index is 4.91. The summed E-state index contributed by atoms with van der Waals surface area (Å²) < 4.78 is 4.91. The SMILES string of the molecule is SCc1ccco1.[NaH]. The Labute approximate surface area is 76.2 Å². The molecule has 0 atom stereocenters. The predicted octanol–water partition coefficient (Wildman–Crippen LogP) is 1.06. The molecule has 1 aromatic rings. The number of rotatable bonds is 1. The first-order valence-corrected chi connectivity index (χ1v) is 2.70. The molecule has 0 aliphatic rings. The van der Waals surface area contributed by atoms with E-state index in [1.807, 2.05) is 12.1 Å². The van der Waals surface area contributed by atoms with Crippen LogP contribution in [-0.2, 0) is 5.75 Å². The van der Waals surface area contributed by atoms with Crippen molar-refractivity contribution in [2.45, 2.75) is 5.75 Å². The van der Waals surface area contributed by atoms with Crippen molar-refractivity contribution in [3.8, 4) is 0 Å². The molecular formula is C5H7NaOS. The van der Waals surface area contributed by atoms with E-state index in [9.17, 15) is 0 Å². The van der Waals surface area contributed by atoms with E-state index >= 15 is 0 Å². The van der Waals surface area contributed by atoms with Gasteiger partial charge in [-0.1, -0.05) is 0 Å². The molecule has 8 heavy (non-hydrogen) atoms. The average molecular weight is 138 g/mol. The van der Waals surface area contributed by atoms with Crippen LogP contribution in [0.15, 0.2) is 22.8 Å². The van der Waals surface area contributed by atoms with Gasteiger partial charge in [0.2, 0.25) is 0 Å². The van der Waals surface area contributed by atoms with Crippen molar-refractivity contribution in [1.82, 2.24) is 0 Å². The zero-order chi connectivity index (χ0) is 5.11. The molecule has 1 nitrogen and oxygen atoms in total. The zero-order valence-electron chi connectivity index (χ0n) is 3.79. The molecule has 0 N–H and O–H groups in total. The van der Waals surface area contributed by atoms with Gasteiger partial charge in [-0.3, -0.25) is 0 Å². The second kappa shape index (κ2) is 4.50. The second-order valence-electron chi connectivity index (χ2n) is 1.24. The summed E-state index contributed by atoms with van der Waals surface area (Å²) in [5.74, 6) is 1.61. The van der Waals surface area contributed by atoms with Crippen molar-refractivity contribution in [3.63, 3.8) is 0 Å². The van der Waals surface area contributed by atoms with Crippen LogP contribution in [0.3, 0.4) is 0 Å². The van der Waals surface area contributed by atoms with E-state index in [2.05, 4.69) is 12.6 Å². The Balaban J connectivity index is 0.000000490. The van der Waals surface area contributed by atoms with Crippen molar-refractivity contribution >= 4 is 42.2 Å². The maximum absolute atomic E-state index is 4.91. The standard InChI is InChI=1S/C5H6OS.Na.H/c7-4-5-2-1-3-6-5;;/h1-3,7H,4H2;;. The Bertz CT molecular complexity index is 127. The molecule has 1 aromatic heterocycles. The van der Waals surface area contributed by atoms with E-state index in [4.69, 9.17) is 4.42 Å². The summed E-state index contributed by atoms with van der Waals surface area (Å²) in [6.45, 7) is 0. The van der Waals surface area contributed by atoms with E-state index in [1.165, 1.54) is 0 Å². The van der Waals surface area contributed by atoms with E-state index in [0.29, 0.717) is 5.75 Å². The molecule has 0 bridgehead atoms. The van der Waals surface area contributed by atoms with Gasteiger partial charge in [0.25, 0.3) is 0 Å². The summed E-state index contributed by atoms with van der Waals surface area (Å²) in [5.41, 5.74) is 0. The predicted molar refractivity (Wildman–Crippen MR) is 38.5 cm³/mol. The van der Waals surface area contributed by atoms with Crippen LogP contribution in [0.5, 0.6) is 0 Å². The van der Waals surface area contributed by atoms with Gasteiger partial charge in [0, 0.05) is 5.75 Å². The molecule has 3 heteroatoms. The summed E-state index contributed by atoms with van der Waals surface area (Å²) in [6, 6.07) is 3.75. The van der Waals surface area contributed by atoms with Crippen LogP contribution < -0.4 is 0 Å². The van der Waals surface area contributed by atoms with Crippen molar-refractivity contribution in [2.24, 2.45) is 0 Å². The van der Waals surface area contributed by atoms with Crippen molar-refractivity contribution in [2.75, 3.05) is 0 Å². The number of hydrogen-bond donors (Lipinski definition) is 1. The van der Waals surface area contributed by atoms with E-state index in [1.54, 1.807) is 6.26 Å². The van der Waals surface area contributed by atoms with Crippen LogP contribution in [0, 0.1) is 0 Å². The van der Waals surface area contributed by atoms with E-state index in [0.717, 1.165) is 5.76 Å². The second-order valence-corrected chi connectivity index (χ2v) is 1.55. The van der Waals surface area contributed by atoms with Gasteiger partial charge in [-0.15, -0.1) is 0 Å². The normalized spacial score (nSPS) is 8.12. The molecule has 0 amide bonds. The zero-order valence-corrected chi connectivity index (χ0v) is 4.69. The Kier molecular flexibility index (Phi) is 4.86. The van der Waals surface area contributed by atoms with Crippen LogP contribution >= 0.6 is 12.6 Å². The third-order valence-electron chi connectivity index (χ3n) is 0.736. The Morgan fingerprint density at radius 2 is 2.38 bits per heavy atom. The van der Waals surface area contributed by atoms with Crippen molar-refractivity contribution in [3.05, 3.63) is 24.2 Å². The fourth-order valence-electron chi connectivity index (χ4n) is 0.403. The van der Waals surface area contributed by atoms with Gasteiger partial charge in [0.1, 0.15) is 5.76 Å². The molecule has 0 unspecified atom stereocenters. The van der Waals surface area contributed by atoms with Crippen LogP contribution in [0.25, 0.3) is 0 Å². The van der Waals surface area contributed by atoms with Gasteiger partial charge in [0.15, 0.2) is 0 Å². The molecular weight excluding hydrogens is 131 g/mol. The van der Waals surface area contributed by atoms with Gasteiger partial charge in [-0.2, -0.15) is 12.6 Å². The van der Waals surface area contributed by atoms with E-state index in [-0.39, 0.29) is 29.6 Å². The average Bonchev–Trinajstić information content (AvgIpc) is 2.14. The summed E-state index contributed by atoms with van der Waals surface area (Å²) >= 11 is 3.98. The molecule has 0 aliphatic heterocycles. The first-order chi connectivity index (χ1) is 3.43. The van der Waals surface area contributed by atoms with Crippen molar-refractivity contribution in [1.29, 1.82) is 0 Å². The first kappa shape index (κ1) is 8.63. The first-order valence-electron chi connectivity index (χ1n) is 2.06. The molecule has 0 aliphatic carbocycles. The monoisotopic (exact) mass is 138 g/mol.